The van der Waals surface area contributed by atoms with E-state index in [1.807, 2.05) is 0 Å². The Labute approximate surface area is 96.0 Å². The van der Waals surface area contributed by atoms with Crippen molar-refractivity contribution in [3.63, 3.8) is 0 Å². The summed E-state index contributed by atoms with van der Waals surface area (Å²) in [6, 6.07) is 0. The highest BCUT2D eigenvalue weighted by Crippen LogP contribution is 1.97. The minimum atomic E-state index is -0.917. The van der Waals surface area contributed by atoms with Gasteiger partial charge in [-0.2, -0.15) is 5.10 Å². The molecular weight excluding hydrogens is 232 g/mol. The van der Waals surface area contributed by atoms with E-state index in [-0.39, 0.29) is 17.4 Å². The van der Waals surface area contributed by atoms with Crippen LogP contribution < -0.4 is 5.32 Å². The van der Waals surface area contributed by atoms with Crippen molar-refractivity contribution >= 4 is 23.6 Å². The summed E-state index contributed by atoms with van der Waals surface area (Å²) in [4.78, 5) is 25.3. The summed E-state index contributed by atoms with van der Waals surface area (Å²) in [5.41, 5.74) is 0. The smallest absolute Gasteiger partial charge is 0.313 e. The number of nitrogens with zero attached hydrogens (tertiary/aromatic N) is 2. The summed E-state index contributed by atoms with van der Waals surface area (Å²) in [5, 5.41) is 17.4. The van der Waals surface area contributed by atoms with Crippen molar-refractivity contribution in [3.05, 3.63) is 12.2 Å². The Balaban J connectivity index is 2.04. The number of H-pyrrole nitrogens is 1. The molecule has 0 unspecified atom stereocenters. The Bertz CT molecular complexity index is 341. The van der Waals surface area contributed by atoms with Crippen LogP contribution >= 0.6 is 11.8 Å². The second kappa shape index (κ2) is 6.83. The van der Waals surface area contributed by atoms with Crippen LogP contribution in [0.15, 0.2) is 6.33 Å². The van der Waals surface area contributed by atoms with Crippen LogP contribution in [0.3, 0.4) is 0 Å². The molecular formula is C8H12N4O3S. The fourth-order valence-electron chi connectivity index (χ4n) is 0.954. The third-order valence-electron chi connectivity index (χ3n) is 1.61. The van der Waals surface area contributed by atoms with Crippen molar-refractivity contribution in [3.8, 4) is 0 Å². The highest BCUT2D eigenvalue weighted by Gasteiger charge is 2.04. The van der Waals surface area contributed by atoms with Gasteiger partial charge in [0.2, 0.25) is 5.91 Å². The first kappa shape index (κ1) is 12.5. The number of carboxylic acids is 1. The van der Waals surface area contributed by atoms with Crippen LogP contribution in [0.25, 0.3) is 0 Å². The average Bonchev–Trinajstić information content (AvgIpc) is 2.70. The van der Waals surface area contributed by atoms with E-state index >= 15 is 0 Å². The standard InChI is InChI=1S/C8H12N4O3S/c13-7(3-16-4-8(14)15)9-2-1-6-10-5-11-12-6/h5H,1-4H2,(H,9,13)(H,14,15)(H,10,11,12). The fourth-order valence-corrected chi connectivity index (χ4v) is 1.52. The molecule has 3 N–H and O–H groups in total. The van der Waals surface area contributed by atoms with E-state index in [1.165, 1.54) is 6.33 Å². The number of carbonyl (C=O) groups excluding carboxylic acids is 1. The maximum atomic E-state index is 11.2. The minimum Gasteiger partial charge on any atom is -0.481 e. The first-order valence-corrected chi connectivity index (χ1v) is 5.74. The SMILES string of the molecule is O=C(O)CSCC(=O)NCCc1ncn[nH]1. The van der Waals surface area contributed by atoms with E-state index in [4.69, 9.17) is 5.11 Å². The molecule has 0 fully saturated rings. The van der Waals surface area contributed by atoms with Crippen LogP contribution in [0, 0.1) is 0 Å². The van der Waals surface area contributed by atoms with E-state index in [0.29, 0.717) is 18.8 Å². The predicted molar refractivity (Wildman–Crippen MR) is 58.1 cm³/mol. The predicted octanol–water partition coefficient (Wildman–Crippen LogP) is -0.719. The highest BCUT2D eigenvalue weighted by atomic mass is 32.2. The monoisotopic (exact) mass is 244 g/mol. The molecule has 0 radical (unpaired) electrons. The van der Waals surface area contributed by atoms with E-state index in [9.17, 15) is 9.59 Å². The molecule has 1 aromatic rings. The van der Waals surface area contributed by atoms with Gasteiger partial charge in [-0.15, -0.1) is 11.8 Å². The van der Waals surface area contributed by atoms with Gasteiger partial charge in [-0.05, 0) is 0 Å². The Kier molecular flexibility index (Phi) is 5.34. The summed E-state index contributed by atoms with van der Waals surface area (Å²) >= 11 is 1.07. The molecule has 1 heterocycles. The Hall–Kier alpha value is -1.57. The van der Waals surface area contributed by atoms with E-state index in [0.717, 1.165) is 11.8 Å². The van der Waals surface area contributed by atoms with Gasteiger partial charge >= 0.3 is 5.97 Å². The van der Waals surface area contributed by atoms with Gasteiger partial charge in [-0.25, -0.2) is 4.98 Å². The zero-order chi connectivity index (χ0) is 11.8. The van der Waals surface area contributed by atoms with Gasteiger partial charge in [0.15, 0.2) is 0 Å². The van der Waals surface area contributed by atoms with Gasteiger partial charge in [0.05, 0.1) is 11.5 Å². The summed E-state index contributed by atoms with van der Waals surface area (Å²) < 4.78 is 0. The fraction of sp³-hybridized carbons (Fsp3) is 0.500. The first-order valence-electron chi connectivity index (χ1n) is 4.59. The Morgan fingerprint density at radius 3 is 2.94 bits per heavy atom. The molecule has 0 aromatic carbocycles. The van der Waals surface area contributed by atoms with E-state index in [2.05, 4.69) is 20.5 Å². The number of amides is 1. The normalized spacial score (nSPS) is 10.0. The van der Waals surface area contributed by atoms with Crippen LogP contribution in [0.2, 0.25) is 0 Å². The van der Waals surface area contributed by atoms with Crippen LogP contribution in [-0.4, -0.2) is 50.2 Å². The second-order valence-corrected chi connectivity index (χ2v) is 3.90. The molecule has 1 rings (SSSR count). The molecule has 0 spiro atoms. The molecule has 1 amide bonds. The summed E-state index contributed by atoms with van der Waals surface area (Å²) in [7, 11) is 0. The molecule has 0 bridgehead atoms. The number of aromatic nitrogens is 3. The Morgan fingerprint density at radius 2 is 2.31 bits per heavy atom. The number of nitrogens with one attached hydrogen (secondary N) is 2. The largest absolute Gasteiger partial charge is 0.481 e. The number of hydrogen-bond donors (Lipinski definition) is 3. The van der Waals surface area contributed by atoms with Gasteiger partial charge in [0.1, 0.15) is 12.2 Å². The zero-order valence-electron chi connectivity index (χ0n) is 8.47. The van der Waals surface area contributed by atoms with Crippen molar-refractivity contribution in [1.82, 2.24) is 20.5 Å². The van der Waals surface area contributed by atoms with Crippen LogP contribution in [0.5, 0.6) is 0 Å². The van der Waals surface area contributed by atoms with E-state index < -0.39 is 5.97 Å². The highest BCUT2D eigenvalue weighted by molar-refractivity contribution is 8.00. The quantitative estimate of drug-likeness (QED) is 0.584. The summed E-state index contributed by atoms with van der Waals surface area (Å²) in [6.45, 7) is 0.460. The van der Waals surface area contributed by atoms with Crippen LogP contribution in [0.1, 0.15) is 5.82 Å². The molecule has 8 heteroatoms. The van der Waals surface area contributed by atoms with Crippen molar-refractivity contribution in [1.29, 1.82) is 0 Å². The zero-order valence-corrected chi connectivity index (χ0v) is 9.29. The molecule has 0 aliphatic heterocycles. The van der Waals surface area contributed by atoms with Crippen molar-refractivity contribution < 1.29 is 14.7 Å². The number of aliphatic carboxylic acids is 1. The number of hydrogen-bond acceptors (Lipinski definition) is 5. The molecule has 0 saturated heterocycles. The van der Waals surface area contributed by atoms with Crippen LogP contribution in [0.4, 0.5) is 0 Å². The lowest BCUT2D eigenvalue weighted by atomic mass is 10.4. The van der Waals surface area contributed by atoms with Gasteiger partial charge < -0.3 is 10.4 Å². The lowest BCUT2D eigenvalue weighted by Crippen LogP contribution is -2.27. The molecule has 0 saturated carbocycles. The second-order valence-electron chi connectivity index (χ2n) is 2.92. The number of rotatable bonds is 7. The maximum Gasteiger partial charge on any atom is 0.313 e. The number of carbonyl (C=O) groups is 2. The average molecular weight is 244 g/mol. The molecule has 88 valence electrons. The van der Waals surface area contributed by atoms with Gasteiger partial charge in [0, 0.05) is 13.0 Å². The van der Waals surface area contributed by atoms with Gasteiger partial charge in [-0.1, -0.05) is 0 Å². The maximum absolute atomic E-state index is 11.2. The third-order valence-corrected chi connectivity index (χ3v) is 2.52. The third kappa shape index (κ3) is 5.35. The minimum absolute atomic E-state index is 0.0600. The number of aromatic amines is 1. The summed E-state index contributed by atoms with van der Waals surface area (Å²) in [6.07, 6.45) is 1.98. The number of thioether (sulfide) groups is 1. The van der Waals surface area contributed by atoms with E-state index in [1.54, 1.807) is 0 Å². The molecule has 7 nitrogen and oxygen atoms in total. The van der Waals surface area contributed by atoms with Gasteiger partial charge in [-0.3, -0.25) is 14.7 Å². The topological polar surface area (TPSA) is 108 Å². The van der Waals surface area contributed by atoms with Crippen molar-refractivity contribution in [2.45, 2.75) is 6.42 Å². The summed E-state index contributed by atoms with van der Waals surface area (Å²) in [5.74, 6) is -0.290. The molecule has 16 heavy (non-hydrogen) atoms. The van der Waals surface area contributed by atoms with Crippen molar-refractivity contribution in [2.24, 2.45) is 0 Å². The van der Waals surface area contributed by atoms with Gasteiger partial charge in [0.25, 0.3) is 0 Å². The van der Waals surface area contributed by atoms with Crippen molar-refractivity contribution in [2.75, 3.05) is 18.1 Å². The molecule has 1 aromatic heterocycles. The molecule has 0 atom stereocenters. The lowest BCUT2D eigenvalue weighted by Gasteiger charge is -2.02. The van der Waals surface area contributed by atoms with Crippen LogP contribution in [-0.2, 0) is 16.0 Å². The molecule has 0 aliphatic carbocycles. The lowest BCUT2D eigenvalue weighted by molar-refractivity contribution is -0.133. The molecule has 0 aliphatic rings. The Morgan fingerprint density at radius 1 is 1.50 bits per heavy atom. The first-order chi connectivity index (χ1) is 7.68. The number of carboxylic acid groups (broad SMARTS) is 1.